The average molecular weight is 368 g/mol. The monoisotopic (exact) mass is 368 g/mol. The number of aromatic amines is 1. The number of piperidine rings is 2. The Morgan fingerprint density at radius 1 is 1.28 bits per heavy atom. The van der Waals surface area contributed by atoms with Gasteiger partial charge in [0.1, 0.15) is 0 Å². The zero-order valence-corrected chi connectivity index (χ0v) is 15.2. The first-order valence-corrected chi connectivity index (χ1v) is 10.7. The Hall–Kier alpha value is -1.45. The molecule has 0 spiro atoms. The van der Waals surface area contributed by atoms with Gasteiger partial charge in [-0.15, -0.1) is 0 Å². The first-order chi connectivity index (χ1) is 11.8. The highest BCUT2D eigenvalue weighted by Gasteiger charge is 2.47. The number of rotatable bonds is 2. The summed E-state index contributed by atoms with van der Waals surface area (Å²) in [5.74, 6) is -0.376. The third kappa shape index (κ3) is 2.88. The van der Waals surface area contributed by atoms with Crippen molar-refractivity contribution in [2.45, 2.75) is 37.7 Å². The number of carbonyl (C=O) groups is 1. The molecule has 9 heteroatoms. The largest absolute Gasteiger partial charge is 0.389 e. The molecule has 8 nitrogen and oxygen atoms in total. The number of H-pyrrole nitrogens is 1. The molecule has 0 radical (unpaired) electrons. The Morgan fingerprint density at radius 2 is 2.04 bits per heavy atom. The third-order valence-electron chi connectivity index (χ3n) is 6.00. The number of amides is 1. The molecule has 1 amide bonds. The minimum Gasteiger partial charge on any atom is -0.389 e. The van der Waals surface area contributed by atoms with Gasteiger partial charge in [-0.25, -0.2) is 12.7 Å². The molecular weight excluding hydrogens is 344 g/mol. The van der Waals surface area contributed by atoms with Crippen LogP contribution in [0.5, 0.6) is 0 Å². The lowest BCUT2D eigenvalue weighted by atomic mass is 9.76. The number of hydrogen-bond donors (Lipinski definition) is 2. The molecule has 0 bridgehead atoms. The van der Waals surface area contributed by atoms with E-state index >= 15 is 0 Å². The summed E-state index contributed by atoms with van der Waals surface area (Å²) in [4.78, 5) is 14.6. The van der Waals surface area contributed by atoms with E-state index in [0.717, 1.165) is 30.5 Å². The number of carbonyl (C=O) groups excluding carboxylic acids is 1. The summed E-state index contributed by atoms with van der Waals surface area (Å²) in [6, 6.07) is 0. The fourth-order valence-corrected chi connectivity index (χ4v) is 5.28. The van der Waals surface area contributed by atoms with Crippen molar-refractivity contribution in [3.05, 3.63) is 17.0 Å². The van der Waals surface area contributed by atoms with Crippen LogP contribution in [0.25, 0.3) is 0 Å². The fourth-order valence-electron chi connectivity index (χ4n) is 4.40. The van der Waals surface area contributed by atoms with Crippen molar-refractivity contribution in [2.75, 3.05) is 32.4 Å². The van der Waals surface area contributed by atoms with Gasteiger partial charge in [-0.3, -0.25) is 9.89 Å². The second-order valence-corrected chi connectivity index (χ2v) is 9.54. The van der Waals surface area contributed by atoms with E-state index in [1.165, 1.54) is 10.6 Å². The topological polar surface area (TPSA) is 107 Å². The van der Waals surface area contributed by atoms with Crippen LogP contribution in [0.3, 0.4) is 0 Å². The minimum absolute atomic E-state index is 0.113. The number of aryl methyl sites for hydroxylation is 1. The summed E-state index contributed by atoms with van der Waals surface area (Å²) in [6.45, 7) is 1.44. The lowest BCUT2D eigenvalue weighted by Gasteiger charge is -2.49. The third-order valence-corrected chi connectivity index (χ3v) is 7.27. The van der Waals surface area contributed by atoms with E-state index in [1.54, 1.807) is 4.90 Å². The molecule has 138 valence electrons. The van der Waals surface area contributed by atoms with Crippen LogP contribution in [0, 0.1) is 5.92 Å². The maximum absolute atomic E-state index is 12.9. The predicted molar refractivity (Wildman–Crippen MR) is 90.6 cm³/mol. The molecule has 1 aliphatic carbocycles. The van der Waals surface area contributed by atoms with Gasteiger partial charge in [0, 0.05) is 43.4 Å². The van der Waals surface area contributed by atoms with Gasteiger partial charge in [-0.1, -0.05) is 0 Å². The Morgan fingerprint density at radius 3 is 2.80 bits per heavy atom. The van der Waals surface area contributed by atoms with Crippen LogP contribution in [0.15, 0.2) is 0 Å². The van der Waals surface area contributed by atoms with Crippen LogP contribution in [-0.2, 0) is 22.9 Å². The maximum atomic E-state index is 12.9. The van der Waals surface area contributed by atoms with E-state index in [1.807, 2.05) is 0 Å². The zero-order chi connectivity index (χ0) is 17.8. The van der Waals surface area contributed by atoms with E-state index < -0.39 is 15.6 Å². The number of nitrogens with zero attached hydrogens (tertiary/aromatic N) is 3. The minimum atomic E-state index is -3.29. The highest BCUT2D eigenvalue weighted by molar-refractivity contribution is 7.88. The number of nitrogens with one attached hydrogen (secondary N) is 1. The first-order valence-electron chi connectivity index (χ1n) is 8.81. The van der Waals surface area contributed by atoms with Crippen LogP contribution in [0.4, 0.5) is 0 Å². The lowest BCUT2D eigenvalue weighted by Crippen LogP contribution is -2.61. The zero-order valence-electron chi connectivity index (χ0n) is 14.4. The van der Waals surface area contributed by atoms with Gasteiger partial charge in [0.25, 0.3) is 5.91 Å². The highest BCUT2D eigenvalue weighted by atomic mass is 32.2. The van der Waals surface area contributed by atoms with Crippen LogP contribution in [0.2, 0.25) is 0 Å². The maximum Gasteiger partial charge on any atom is 0.274 e. The van der Waals surface area contributed by atoms with Crippen molar-refractivity contribution >= 4 is 15.9 Å². The number of aromatic nitrogens is 2. The van der Waals surface area contributed by atoms with Crippen molar-refractivity contribution in [2.24, 2.45) is 5.92 Å². The van der Waals surface area contributed by atoms with Gasteiger partial charge >= 0.3 is 0 Å². The summed E-state index contributed by atoms with van der Waals surface area (Å²) < 4.78 is 25.1. The van der Waals surface area contributed by atoms with Crippen LogP contribution < -0.4 is 0 Å². The second kappa shape index (κ2) is 5.78. The fraction of sp³-hybridized carbons (Fsp3) is 0.750. The van der Waals surface area contributed by atoms with Crippen molar-refractivity contribution in [3.63, 3.8) is 0 Å². The number of aliphatic hydroxyl groups is 1. The first kappa shape index (κ1) is 17.0. The molecular formula is C16H24N4O4S. The highest BCUT2D eigenvalue weighted by Crippen LogP contribution is 2.37. The van der Waals surface area contributed by atoms with Gasteiger partial charge in [-0.05, 0) is 32.1 Å². The molecule has 0 unspecified atom stereocenters. The van der Waals surface area contributed by atoms with Crippen molar-refractivity contribution in [1.82, 2.24) is 19.4 Å². The number of fused-ring (bicyclic) bond motifs is 2. The summed E-state index contributed by atoms with van der Waals surface area (Å²) in [5.41, 5.74) is 1.68. The molecule has 2 aliphatic heterocycles. The van der Waals surface area contributed by atoms with E-state index in [2.05, 4.69) is 10.2 Å². The second-order valence-electron chi connectivity index (χ2n) is 7.56. The van der Waals surface area contributed by atoms with Crippen LogP contribution in [0.1, 0.15) is 41.0 Å². The SMILES string of the molecule is CS(=O)(=O)N1CC[C@]2(O)CCN(C(=O)c3n[nH]c4c3CCC4)C[C@@H]2C1. The summed E-state index contributed by atoms with van der Waals surface area (Å²) in [5, 5.41) is 18.0. The number of hydrogen-bond acceptors (Lipinski definition) is 5. The van der Waals surface area contributed by atoms with E-state index in [9.17, 15) is 18.3 Å². The smallest absolute Gasteiger partial charge is 0.274 e. The Bertz CT molecular complexity index is 805. The Kier molecular flexibility index (Phi) is 3.93. The van der Waals surface area contributed by atoms with E-state index in [0.29, 0.717) is 38.2 Å². The normalized spacial score (nSPS) is 30.2. The van der Waals surface area contributed by atoms with Gasteiger partial charge in [-0.2, -0.15) is 5.10 Å². The van der Waals surface area contributed by atoms with E-state index in [-0.39, 0.29) is 18.4 Å². The Balaban J connectivity index is 1.53. The van der Waals surface area contributed by atoms with Gasteiger partial charge < -0.3 is 10.0 Å². The van der Waals surface area contributed by atoms with Crippen molar-refractivity contribution in [1.29, 1.82) is 0 Å². The molecule has 2 N–H and O–H groups in total. The lowest BCUT2D eigenvalue weighted by molar-refractivity contribution is -0.0947. The van der Waals surface area contributed by atoms with Crippen LogP contribution in [-0.4, -0.2) is 76.9 Å². The Labute approximate surface area is 147 Å². The molecule has 3 heterocycles. The molecule has 0 aromatic carbocycles. The van der Waals surface area contributed by atoms with Gasteiger partial charge in [0.15, 0.2) is 5.69 Å². The van der Waals surface area contributed by atoms with Crippen LogP contribution >= 0.6 is 0 Å². The van der Waals surface area contributed by atoms with Crippen molar-refractivity contribution in [3.8, 4) is 0 Å². The predicted octanol–water partition coefficient (Wildman–Crippen LogP) is -0.243. The molecule has 0 saturated carbocycles. The van der Waals surface area contributed by atoms with Gasteiger partial charge in [0.05, 0.1) is 11.9 Å². The standard InChI is InChI=1S/C16H24N4O4S/c1-25(23,24)20-8-6-16(22)5-7-19(9-11(16)10-20)15(21)14-12-3-2-4-13(12)17-18-14/h11,22H,2-10H2,1H3,(H,17,18)/t11-,16-/m1/s1. The molecule has 3 aliphatic rings. The quantitative estimate of drug-likeness (QED) is 0.749. The summed E-state index contributed by atoms with van der Waals surface area (Å²) in [7, 11) is -3.29. The molecule has 2 atom stereocenters. The molecule has 1 aromatic heterocycles. The average Bonchev–Trinajstić information content (AvgIpc) is 3.15. The number of likely N-dealkylation sites (tertiary alicyclic amines) is 1. The van der Waals surface area contributed by atoms with E-state index in [4.69, 9.17) is 0 Å². The molecule has 2 saturated heterocycles. The number of sulfonamides is 1. The summed E-state index contributed by atoms with van der Waals surface area (Å²) >= 11 is 0. The molecule has 4 rings (SSSR count). The van der Waals surface area contributed by atoms with Crippen molar-refractivity contribution < 1.29 is 18.3 Å². The molecule has 1 aromatic rings. The molecule has 25 heavy (non-hydrogen) atoms. The summed E-state index contributed by atoms with van der Waals surface area (Å²) in [6.07, 6.45) is 4.93. The van der Waals surface area contributed by atoms with Gasteiger partial charge in [0.2, 0.25) is 10.0 Å². The molecule has 2 fully saturated rings.